The van der Waals surface area contributed by atoms with Crippen LogP contribution >= 0.6 is 11.3 Å². The largest absolute Gasteiger partial charge is 0.471 e. The van der Waals surface area contributed by atoms with Crippen molar-refractivity contribution in [2.75, 3.05) is 30.2 Å². The maximum Gasteiger partial charge on any atom is 0.409 e. The molecule has 1 saturated heterocycles. The average Bonchev–Trinajstić information content (AvgIpc) is 3.65. The first-order valence-corrected chi connectivity index (χ1v) is 15.3. The minimum atomic E-state index is -4.07. The zero-order chi connectivity index (χ0) is 29.1. The smallest absolute Gasteiger partial charge is 0.409 e. The summed E-state index contributed by atoms with van der Waals surface area (Å²) in [7, 11) is -4.07. The molecule has 0 radical (unpaired) electrons. The van der Waals surface area contributed by atoms with Gasteiger partial charge in [0, 0.05) is 30.8 Å². The lowest BCUT2D eigenvalue weighted by atomic mass is 9.98. The molecule has 1 aliphatic heterocycles. The second-order valence-electron chi connectivity index (χ2n) is 9.99. The van der Waals surface area contributed by atoms with E-state index in [-0.39, 0.29) is 40.0 Å². The summed E-state index contributed by atoms with van der Waals surface area (Å²) >= 11 is 1.36. The van der Waals surface area contributed by atoms with Crippen molar-refractivity contribution in [2.24, 2.45) is 5.92 Å². The normalized spacial score (nSPS) is 14.4. The standard InChI is InChI=1S/C27H29FN6O5S2/c1-16(2)14-39-27(35)34-11-7-17(8-12-34)25-32-23(24(40-25)21-6-10-30-26(29)31-21)19-4-3-5-20(22(19)28)33-41(36,37)18-9-13-38-15-18/h3-6,9-10,13,15-17,33H,7-8,11-12,14H2,1-2H3,(H2,29,30,31). The number of nitrogens with one attached hydrogen (secondary N) is 1. The van der Waals surface area contributed by atoms with Crippen molar-refractivity contribution in [1.29, 1.82) is 0 Å². The molecule has 3 N–H and O–H groups in total. The lowest BCUT2D eigenvalue weighted by Crippen LogP contribution is -2.38. The van der Waals surface area contributed by atoms with Gasteiger partial charge in [0.2, 0.25) is 5.95 Å². The second-order valence-corrected chi connectivity index (χ2v) is 12.7. The Morgan fingerprint density at radius 3 is 2.71 bits per heavy atom. The Kier molecular flexibility index (Phi) is 8.22. The van der Waals surface area contributed by atoms with Gasteiger partial charge in [-0.05, 0) is 43.0 Å². The van der Waals surface area contributed by atoms with Gasteiger partial charge >= 0.3 is 6.09 Å². The molecule has 41 heavy (non-hydrogen) atoms. The number of likely N-dealkylation sites (tertiary alicyclic amines) is 1. The maximum atomic E-state index is 15.9. The van der Waals surface area contributed by atoms with Gasteiger partial charge in [0.15, 0.2) is 5.82 Å². The molecule has 4 heterocycles. The first-order valence-electron chi connectivity index (χ1n) is 13.0. The Hall–Kier alpha value is -4.04. The number of thiazole rings is 1. The highest BCUT2D eigenvalue weighted by molar-refractivity contribution is 7.92. The number of furan rings is 1. The van der Waals surface area contributed by atoms with Crippen molar-refractivity contribution in [3.8, 4) is 21.8 Å². The topological polar surface area (TPSA) is 154 Å². The van der Waals surface area contributed by atoms with E-state index in [0.29, 0.717) is 48.8 Å². The lowest BCUT2D eigenvalue weighted by molar-refractivity contribution is 0.0834. The van der Waals surface area contributed by atoms with Crippen LogP contribution in [0.3, 0.4) is 0 Å². The number of aromatic nitrogens is 3. The number of hydrogen-bond donors (Lipinski definition) is 2. The molecule has 216 valence electrons. The molecule has 0 unspecified atom stereocenters. The Morgan fingerprint density at radius 2 is 2.02 bits per heavy atom. The van der Waals surface area contributed by atoms with E-state index in [2.05, 4.69) is 14.7 Å². The number of anilines is 2. The monoisotopic (exact) mass is 600 g/mol. The van der Waals surface area contributed by atoms with Crippen LogP contribution in [0, 0.1) is 11.7 Å². The third-order valence-electron chi connectivity index (χ3n) is 6.50. The molecule has 14 heteroatoms. The number of nitrogen functional groups attached to an aromatic ring is 1. The molecule has 1 aromatic carbocycles. The van der Waals surface area contributed by atoms with Crippen LogP contribution in [0.5, 0.6) is 0 Å². The number of rotatable bonds is 8. The minimum absolute atomic E-state index is 0.0201. The van der Waals surface area contributed by atoms with Crippen LogP contribution in [0.2, 0.25) is 0 Å². The number of ether oxygens (including phenoxy) is 1. The summed E-state index contributed by atoms with van der Waals surface area (Å²) in [6.45, 7) is 5.34. The Labute approximate surface area is 240 Å². The fourth-order valence-electron chi connectivity index (χ4n) is 4.41. The van der Waals surface area contributed by atoms with E-state index in [9.17, 15) is 13.2 Å². The number of sulfonamides is 1. The third kappa shape index (κ3) is 6.33. The first-order chi connectivity index (χ1) is 19.6. The summed E-state index contributed by atoms with van der Waals surface area (Å²) in [5, 5.41) is 0.756. The number of piperidine rings is 1. The molecule has 1 amide bonds. The van der Waals surface area contributed by atoms with E-state index in [4.69, 9.17) is 19.9 Å². The summed E-state index contributed by atoms with van der Waals surface area (Å²) in [6, 6.07) is 7.34. The van der Waals surface area contributed by atoms with Crippen LogP contribution in [0.4, 0.5) is 20.8 Å². The molecule has 1 aliphatic rings. The summed E-state index contributed by atoms with van der Waals surface area (Å²) in [5.41, 5.74) is 6.48. The van der Waals surface area contributed by atoms with Gasteiger partial charge in [0.05, 0.1) is 39.8 Å². The van der Waals surface area contributed by atoms with Crippen molar-refractivity contribution in [2.45, 2.75) is 37.5 Å². The average molecular weight is 601 g/mol. The maximum absolute atomic E-state index is 15.9. The van der Waals surface area contributed by atoms with Gasteiger partial charge in [-0.15, -0.1) is 11.3 Å². The number of hydrogen-bond acceptors (Lipinski definition) is 10. The van der Waals surface area contributed by atoms with Crippen molar-refractivity contribution in [3.05, 3.63) is 59.9 Å². The van der Waals surface area contributed by atoms with Crippen molar-refractivity contribution < 1.29 is 26.8 Å². The van der Waals surface area contributed by atoms with E-state index in [1.165, 1.54) is 42.0 Å². The molecule has 0 saturated carbocycles. The van der Waals surface area contributed by atoms with Crippen molar-refractivity contribution in [3.63, 3.8) is 0 Å². The Morgan fingerprint density at radius 1 is 1.24 bits per heavy atom. The third-order valence-corrected chi connectivity index (χ3v) is 9.08. The quantitative estimate of drug-likeness (QED) is 0.272. The number of halogens is 1. The fourth-order valence-corrected chi connectivity index (χ4v) is 6.61. The van der Waals surface area contributed by atoms with Crippen LogP contribution in [0.15, 0.2) is 58.4 Å². The molecule has 0 atom stereocenters. The van der Waals surface area contributed by atoms with Gasteiger partial charge in [-0.1, -0.05) is 19.9 Å². The summed E-state index contributed by atoms with van der Waals surface area (Å²) in [5.74, 6) is -0.466. The van der Waals surface area contributed by atoms with E-state index in [1.54, 1.807) is 17.0 Å². The van der Waals surface area contributed by atoms with Crippen LogP contribution in [-0.2, 0) is 14.8 Å². The summed E-state index contributed by atoms with van der Waals surface area (Å²) in [4.78, 5) is 27.7. The Balaban J connectivity index is 1.46. The van der Waals surface area contributed by atoms with Crippen LogP contribution in [-0.4, -0.2) is 54.1 Å². The zero-order valence-electron chi connectivity index (χ0n) is 22.4. The number of amides is 1. The van der Waals surface area contributed by atoms with Gasteiger partial charge in [-0.25, -0.2) is 32.6 Å². The molecular formula is C27H29FN6O5S2. The molecule has 5 rings (SSSR count). The van der Waals surface area contributed by atoms with E-state index >= 15 is 4.39 Å². The summed E-state index contributed by atoms with van der Waals surface area (Å²) < 4.78 is 53.9. The van der Waals surface area contributed by atoms with Crippen LogP contribution in [0.1, 0.15) is 37.6 Å². The Bertz CT molecular complexity index is 1630. The molecule has 0 bridgehead atoms. The van der Waals surface area contributed by atoms with Crippen LogP contribution < -0.4 is 10.5 Å². The minimum Gasteiger partial charge on any atom is -0.471 e. The van der Waals surface area contributed by atoms with Gasteiger partial charge in [-0.2, -0.15) is 0 Å². The molecular weight excluding hydrogens is 571 g/mol. The molecule has 0 spiro atoms. The number of carbonyl (C=O) groups is 1. The predicted octanol–water partition coefficient (Wildman–Crippen LogP) is 5.35. The molecule has 4 aromatic rings. The van der Waals surface area contributed by atoms with Crippen LogP contribution in [0.25, 0.3) is 21.8 Å². The van der Waals surface area contributed by atoms with Gasteiger partial charge in [0.1, 0.15) is 11.2 Å². The van der Waals surface area contributed by atoms with Gasteiger partial charge in [0.25, 0.3) is 10.0 Å². The zero-order valence-corrected chi connectivity index (χ0v) is 24.0. The highest BCUT2D eigenvalue weighted by Crippen LogP contribution is 2.42. The number of carbonyl (C=O) groups excluding carboxylic acids is 1. The molecule has 0 aliphatic carbocycles. The number of nitrogens with zero attached hydrogens (tertiary/aromatic N) is 4. The van der Waals surface area contributed by atoms with E-state index < -0.39 is 15.8 Å². The van der Waals surface area contributed by atoms with Gasteiger partial charge < -0.3 is 19.8 Å². The SMILES string of the molecule is CC(C)COC(=O)N1CCC(c2nc(-c3cccc(NS(=O)(=O)c4ccoc4)c3F)c(-c3ccnc(N)n3)s2)CC1. The fraction of sp³-hybridized carbons (Fsp3) is 0.333. The van der Waals surface area contributed by atoms with Crippen molar-refractivity contribution in [1.82, 2.24) is 19.9 Å². The summed E-state index contributed by atoms with van der Waals surface area (Å²) in [6.07, 6.45) is 4.77. The second kappa shape index (κ2) is 11.8. The van der Waals surface area contributed by atoms with E-state index in [1.807, 2.05) is 13.8 Å². The van der Waals surface area contributed by atoms with Gasteiger partial charge in [-0.3, -0.25) is 4.72 Å². The first kappa shape index (κ1) is 28.5. The molecule has 1 fully saturated rings. The molecule has 11 nitrogen and oxygen atoms in total. The predicted molar refractivity (Wildman–Crippen MR) is 152 cm³/mol. The highest BCUT2D eigenvalue weighted by Gasteiger charge is 2.30. The molecule has 3 aromatic heterocycles. The van der Waals surface area contributed by atoms with Crippen molar-refractivity contribution >= 4 is 39.1 Å². The van der Waals surface area contributed by atoms with E-state index in [0.717, 1.165) is 11.3 Å². The number of nitrogens with two attached hydrogens (primary N) is 1. The lowest BCUT2D eigenvalue weighted by Gasteiger charge is -2.30. The number of benzene rings is 1. The highest BCUT2D eigenvalue weighted by atomic mass is 32.2.